The molecule has 0 radical (unpaired) electrons. The molecule has 6 heteroatoms. The predicted octanol–water partition coefficient (Wildman–Crippen LogP) is 3.20. The number of hydrogen-bond donors (Lipinski definition) is 3. The highest BCUT2D eigenvalue weighted by Crippen LogP contribution is 2.49. The Hall–Kier alpha value is -1.33. The van der Waals surface area contributed by atoms with Crippen LogP contribution in [0.1, 0.15) is 37.7 Å². The summed E-state index contributed by atoms with van der Waals surface area (Å²) in [5.74, 6) is 2.24. The molecule has 1 amide bonds. The minimum atomic E-state index is 0.0365. The number of benzene rings is 1. The van der Waals surface area contributed by atoms with Gasteiger partial charge in [0.05, 0.1) is 0 Å². The molecular weight excluding hydrogens is 342 g/mol. The fraction of sp³-hybridized carbons (Fsp3) is 0.556. The van der Waals surface area contributed by atoms with Crippen LogP contribution < -0.4 is 16.2 Å². The highest BCUT2D eigenvalue weighted by molar-refractivity contribution is 7.80. The van der Waals surface area contributed by atoms with Crippen LogP contribution in [0, 0.1) is 17.8 Å². The Balaban J connectivity index is 1.29. The molecule has 3 N–H and O–H groups in total. The lowest BCUT2D eigenvalue weighted by Crippen LogP contribution is -2.47. The van der Waals surface area contributed by atoms with Crippen molar-refractivity contribution in [2.45, 2.75) is 38.5 Å². The molecule has 130 valence electrons. The van der Waals surface area contributed by atoms with Crippen molar-refractivity contribution < 1.29 is 4.79 Å². The highest BCUT2D eigenvalue weighted by Gasteiger charge is 2.40. The molecule has 4 nitrogen and oxygen atoms in total. The molecule has 24 heavy (non-hydrogen) atoms. The van der Waals surface area contributed by atoms with Gasteiger partial charge in [0, 0.05) is 18.0 Å². The lowest BCUT2D eigenvalue weighted by Gasteiger charge is -2.21. The molecule has 0 spiro atoms. The molecule has 2 saturated carbocycles. The van der Waals surface area contributed by atoms with Crippen molar-refractivity contribution in [3.8, 4) is 0 Å². The second-order valence-electron chi connectivity index (χ2n) is 6.94. The first-order valence-corrected chi connectivity index (χ1v) is 9.46. The summed E-state index contributed by atoms with van der Waals surface area (Å²) in [5.41, 5.74) is 6.70. The van der Waals surface area contributed by atoms with Crippen LogP contribution in [0.5, 0.6) is 0 Å². The first-order valence-electron chi connectivity index (χ1n) is 8.67. The van der Waals surface area contributed by atoms with E-state index in [4.69, 9.17) is 23.8 Å². The second-order valence-corrected chi connectivity index (χ2v) is 7.79. The summed E-state index contributed by atoms with van der Waals surface area (Å²) in [6, 6.07) is 7.75. The minimum Gasteiger partial charge on any atom is -0.361 e. The van der Waals surface area contributed by atoms with Crippen LogP contribution in [0.4, 0.5) is 0 Å². The number of carbonyl (C=O) groups excluding carboxylic acids is 1. The van der Waals surface area contributed by atoms with Crippen molar-refractivity contribution in [1.29, 1.82) is 0 Å². The number of nitrogens with one attached hydrogen (secondary N) is 3. The lowest BCUT2D eigenvalue weighted by molar-refractivity contribution is -0.122. The maximum Gasteiger partial charge on any atom is 0.238 e. The Morgan fingerprint density at radius 2 is 1.96 bits per heavy atom. The van der Waals surface area contributed by atoms with E-state index in [1.54, 1.807) is 0 Å². The van der Waals surface area contributed by atoms with Gasteiger partial charge in [-0.05, 0) is 73.4 Å². The fourth-order valence-electron chi connectivity index (χ4n) is 4.06. The Morgan fingerprint density at radius 3 is 2.62 bits per heavy atom. The second kappa shape index (κ2) is 8.17. The molecule has 0 saturated heterocycles. The number of fused-ring (bicyclic) bond motifs is 2. The zero-order chi connectivity index (χ0) is 16.9. The molecule has 2 bridgehead atoms. The maximum absolute atomic E-state index is 12.0. The first kappa shape index (κ1) is 17.5. The average Bonchev–Trinajstić information content (AvgIpc) is 3.18. The lowest BCUT2D eigenvalue weighted by atomic mass is 9.86. The quantitative estimate of drug-likeness (QED) is 0.554. The van der Waals surface area contributed by atoms with Gasteiger partial charge in [-0.3, -0.25) is 15.6 Å². The third-order valence-electron chi connectivity index (χ3n) is 5.26. The number of hydrogen-bond acceptors (Lipinski definition) is 2. The van der Waals surface area contributed by atoms with Crippen LogP contribution in [-0.2, 0) is 11.2 Å². The van der Waals surface area contributed by atoms with Crippen LogP contribution in [0.3, 0.4) is 0 Å². The van der Waals surface area contributed by atoms with Crippen molar-refractivity contribution in [2.75, 3.05) is 6.54 Å². The Bertz CT molecular complexity index is 592. The monoisotopic (exact) mass is 365 g/mol. The predicted molar refractivity (Wildman–Crippen MR) is 101 cm³/mol. The smallest absolute Gasteiger partial charge is 0.238 e. The van der Waals surface area contributed by atoms with E-state index in [9.17, 15) is 4.79 Å². The van der Waals surface area contributed by atoms with Gasteiger partial charge in [-0.15, -0.1) is 0 Å². The molecule has 1 aromatic carbocycles. The summed E-state index contributed by atoms with van der Waals surface area (Å²) >= 11 is 11.0. The topological polar surface area (TPSA) is 53.2 Å². The number of thiocarbonyl (C=S) groups is 1. The molecule has 3 rings (SSSR count). The molecular formula is C18H24ClN3OS. The highest BCUT2D eigenvalue weighted by atomic mass is 35.5. The Morgan fingerprint density at radius 1 is 1.17 bits per heavy atom. The van der Waals surface area contributed by atoms with E-state index in [0.29, 0.717) is 24.0 Å². The Labute approximate surface area is 153 Å². The van der Waals surface area contributed by atoms with Crippen LogP contribution in [-0.4, -0.2) is 17.6 Å². The van der Waals surface area contributed by atoms with Gasteiger partial charge in [-0.25, -0.2) is 0 Å². The zero-order valence-corrected chi connectivity index (χ0v) is 15.3. The van der Waals surface area contributed by atoms with Gasteiger partial charge in [0.1, 0.15) is 0 Å². The SMILES string of the molecule is O=C(C[C@H]1C[C@H]2CC[C@@H]1C2)NNC(=S)NCCc1ccc(Cl)cc1. The summed E-state index contributed by atoms with van der Waals surface area (Å²) in [4.78, 5) is 12.0. The van der Waals surface area contributed by atoms with E-state index >= 15 is 0 Å². The van der Waals surface area contributed by atoms with Gasteiger partial charge in [-0.1, -0.05) is 30.2 Å². The molecule has 3 atom stereocenters. The first-order chi connectivity index (χ1) is 11.6. The third kappa shape index (κ3) is 4.84. The molecule has 2 fully saturated rings. The van der Waals surface area contributed by atoms with E-state index in [0.717, 1.165) is 23.3 Å². The van der Waals surface area contributed by atoms with Gasteiger partial charge in [0.15, 0.2) is 5.11 Å². The van der Waals surface area contributed by atoms with Crippen molar-refractivity contribution in [3.05, 3.63) is 34.9 Å². The van der Waals surface area contributed by atoms with Crippen LogP contribution in [0.25, 0.3) is 0 Å². The summed E-state index contributed by atoms with van der Waals surface area (Å²) in [5, 5.41) is 4.28. The van der Waals surface area contributed by atoms with Crippen LogP contribution in [0.2, 0.25) is 5.02 Å². The number of rotatable bonds is 5. The number of amides is 1. The van der Waals surface area contributed by atoms with Crippen molar-refractivity contribution in [2.24, 2.45) is 17.8 Å². The molecule has 2 aliphatic carbocycles. The largest absolute Gasteiger partial charge is 0.361 e. The molecule has 0 aromatic heterocycles. The molecule has 0 unspecified atom stereocenters. The van der Waals surface area contributed by atoms with Gasteiger partial charge in [0.2, 0.25) is 5.91 Å². The van der Waals surface area contributed by atoms with E-state index in [1.165, 1.54) is 31.2 Å². The summed E-state index contributed by atoms with van der Waals surface area (Å²) < 4.78 is 0. The van der Waals surface area contributed by atoms with Gasteiger partial charge < -0.3 is 5.32 Å². The van der Waals surface area contributed by atoms with Crippen LogP contribution in [0.15, 0.2) is 24.3 Å². The maximum atomic E-state index is 12.0. The van der Waals surface area contributed by atoms with Crippen LogP contribution >= 0.6 is 23.8 Å². The number of carbonyl (C=O) groups is 1. The van der Waals surface area contributed by atoms with Crippen molar-refractivity contribution >= 4 is 34.8 Å². The molecule has 0 aliphatic heterocycles. The average molecular weight is 366 g/mol. The summed E-state index contributed by atoms with van der Waals surface area (Å²) in [7, 11) is 0. The summed E-state index contributed by atoms with van der Waals surface area (Å²) in [6.07, 6.45) is 6.68. The van der Waals surface area contributed by atoms with E-state index < -0.39 is 0 Å². The normalized spacial score (nSPS) is 24.6. The van der Waals surface area contributed by atoms with E-state index in [-0.39, 0.29) is 5.91 Å². The van der Waals surface area contributed by atoms with Gasteiger partial charge in [0.25, 0.3) is 0 Å². The number of hydrazine groups is 1. The molecule has 2 aliphatic rings. The number of halogens is 1. The molecule has 0 heterocycles. The third-order valence-corrected chi connectivity index (χ3v) is 5.76. The zero-order valence-electron chi connectivity index (χ0n) is 13.7. The minimum absolute atomic E-state index is 0.0365. The van der Waals surface area contributed by atoms with Crippen molar-refractivity contribution in [3.63, 3.8) is 0 Å². The van der Waals surface area contributed by atoms with Gasteiger partial charge in [-0.2, -0.15) is 0 Å². The standard InChI is InChI=1S/C18H24ClN3OS/c19-16-5-2-12(3-6-16)7-8-20-18(24)22-21-17(23)11-15-10-13-1-4-14(15)9-13/h2-3,5-6,13-15H,1,4,7-11H2,(H,21,23)(H2,20,22,24)/t13-,14+,15+/m0/s1. The summed E-state index contributed by atoms with van der Waals surface area (Å²) in [6.45, 7) is 0.704. The molecule has 1 aromatic rings. The van der Waals surface area contributed by atoms with E-state index in [2.05, 4.69) is 16.2 Å². The Kier molecular flexibility index (Phi) is 5.95. The van der Waals surface area contributed by atoms with Gasteiger partial charge >= 0.3 is 0 Å². The van der Waals surface area contributed by atoms with E-state index in [1.807, 2.05) is 24.3 Å². The fourth-order valence-corrected chi connectivity index (χ4v) is 4.34. The van der Waals surface area contributed by atoms with Crippen molar-refractivity contribution in [1.82, 2.24) is 16.2 Å².